The summed E-state index contributed by atoms with van der Waals surface area (Å²) in [6.45, 7) is 9.05. The van der Waals surface area contributed by atoms with Gasteiger partial charge >= 0.3 is 0 Å². The van der Waals surface area contributed by atoms with Crippen LogP contribution in [0.15, 0.2) is 140 Å². The van der Waals surface area contributed by atoms with Crippen molar-refractivity contribution in [1.82, 2.24) is 0 Å². The Morgan fingerprint density at radius 2 is 1.19 bits per heavy atom. The number of likely N-dealkylation sites (N-methyl/N-ethyl adjacent to an activating group) is 1. The van der Waals surface area contributed by atoms with Crippen molar-refractivity contribution in [3.05, 3.63) is 151 Å². The summed E-state index contributed by atoms with van der Waals surface area (Å²) in [5.41, 5.74) is 9.23. The van der Waals surface area contributed by atoms with E-state index >= 15 is 0 Å². The maximum atomic E-state index is 4.42. The summed E-state index contributed by atoms with van der Waals surface area (Å²) >= 11 is 0. The standard InChI is InChI=1S/C35H34N2/c1-27-23-24-28(25-26-35(2,3)32-20-12-11-19-31(27)32)36(4)33-21-13-14-22-34(33)37(29-15-7-5-8-16-29)30-17-9-6-10-18-30/h5-25H,1,26H2,2-4H3/b24-23-,28-25+. The second-order valence-corrected chi connectivity index (χ2v) is 10.2. The van der Waals surface area contributed by atoms with E-state index in [0.29, 0.717) is 0 Å². The van der Waals surface area contributed by atoms with Crippen LogP contribution in [0.4, 0.5) is 22.7 Å². The van der Waals surface area contributed by atoms with Crippen molar-refractivity contribution in [2.75, 3.05) is 16.8 Å². The Morgan fingerprint density at radius 3 is 1.84 bits per heavy atom. The van der Waals surface area contributed by atoms with Crippen LogP contribution in [0, 0.1) is 0 Å². The van der Waals surface area contributed by atoms with Gasteiger partial charge in [0.15, 0.2) is 0 Å². The number of benzene rings is 4. The highest BCUT2D eigenvalue weighted by Crippen LogP contribution is 2.42. The summed E-state index contributed by atoms with van der Waals surface area (Å²) in [7, 11) is 2.16. The fraction of sp³-hybridized carbons (Fsp3) is 0.143. The van der Waals surface area contributed by atoms with Gasteiger partial charge in [0.2, 0.25) is 0 Å². The summed E-state index contributed by atoms with van der Waals surface area (Å²) < 4.78 is 0. The molecule has 0 bridgehead atoms. The summed E-state index contributed by atoms with van der Waals surface area (Å²) in [5.74, 6) is 0. The molecule has 0 saturated heterocycles. The van der Waals surface area contributed by atoms with Gasteiger partial charge in [0.1, 0.15) is 0 Å². The average Bonchev–Trinajstić information content (AvgIpc) is 2.98. The molecule has 4 aromatic rings. The van der Waals surface area contributed by atoms with Crippen LogP contribution in [-0.2, 0) is 5.41 Å². The highest BCUT2D eigenvalue weighted by Gasteiger charge is 2.25. The monoisotopic (exact) mass is 482 g/mol. The summed E-state index contributed by atoms with van der Waals surface area (Å²) in [6.07, 6.45) is 7.63. The summed E-state index contributed by atoms with van der Waals surface area (Å²) in [6, 6.07) is 38.4. The Bertz CT molecular complexity index is 1410. The molecule has 5 rings (SSSR count). The second-order valence-electron chi connectivity index (χ2n) is 10.2. The molecule has 184 valence electrons. The molecule has 0 aromatic heterocycles. The zero-order valence-corrected chi connectivity index (χ0v) is 21.9. The molecule has 0 amide bonds. The second kappa shape index (κ2) is 10.4. The molecule has 0 saturated carbocycles. The number of rotatable bonds is 5. The Morgan fingerprint density at radius 1 is 0.649 bits per heavy atom. The lowest BCUT2D eigenvalue weighted by Crippen LogP contribution is -2.21. The van der Waals surface area contributed by atoms with E-state index in [-0.39, 0.29) is 5.41 Å². The molecule has 0 spiro atoms. The predicted molar refractivity (Wildman–Crippen MR) is 160 cm³/mol. The third-order valence-electron chi connectivity index (χ3n) is 7.18. The van der Waals surface area contributed by atoms with Gasteiger partial charge in [0, 0.05) is 24.1 Å². The smallest absolute Gasteiger partial charge is 0.0698 e. The van der Waals surface area contributed by atoms with Gasteiger partial charge in [-0.15, -0.1) is 0 Å². The number of fused-ring (bicyclic) bond motifs is 1. The number of hydrogen-bond donors (Lipinski definition) is 0. The van der Waals surface area contributed by atoms with E-state index in [1.807, 2.05) is 0 Å². The fourth-order valence-corrected chi connectivity index (χ4v) is 5.07. The molecule has 4 aromatic carbocycles. The lowest BCUT2D eigenvalue weighted by molar-refractivity contribution is 0.531. The third kappa shape index (κ3) is 5.01. The highest BCUT2D eigenvalue weighted by molar-refractivity contribution is 5.86. The first-order valence-corrected chi connectivity index (χ1v) is 12.9. The molecule has 37 heavy (non-hydrogen) atoms. The Kier molecular flexibility index (Phi) is 6.83. The van der Waals surface area contributed by atoms with E-state index in [9.17, 15) is 0 Å². The van der Waals surface area contributed by atoms with Gasteiger partial charge in [-0.25, -0.2) is 0 Å². The van der Waals surface area contributed by atoms with E-state index in [0.717, 1.165) is 40.4 Å². The van der Waals surface area contributed by atoms with Gasteiger partial charge in [0.25, 0.3) is 0 Å². The molecule has 0 N–H and O–H groups in total. The van der Waals surface area contributed by atoms with Crippen LogP contribution in [0.5, 0.6) is 0 Å². The lowest BCUT2D eigenvalue weighted by atomic mass is 9.78. The van der Waals surface area contributed by atoms with E-state index in [2.05, 4.69) is 165 Å². The molecule has 0 radical (unpaired) electrons. The van der Waals surface area contributed by atoms with Crippen LogP contribution in [0.3, 0.4) is 0 Å². The minimum atomic E-state index is -0.0166. The topological polar surface area (TPSA) is 6.48 Å². The maximum Gasteiger partial charge on any atom is 0.0698 e. The normalized spacial score (nSPS) is 16.8. The quantitative estimate of drug-likeness (QED) is 0.279. The number of nitrogens with zero attached hydrogens (tertiary/aromatic N) is 2. The SMILES string of the molecule is C=C1/C=C\C(N(C)c2ccccc2N(c2ccccc2)c2ccccc2)=C/CC(C)(C)c2ccccc21. The number of para-hydroxylation sites is 4. The van der Waals surface area contributed by atoms with Gasteiger partial charge < -0.3 is 9.80 Å². The molecule has 0 atom stereocenters. The summed E-state index contributed by atoms with van der Waals surface area (Å²) in [5, 5.41) is 0. The zero-order valence-electron chi connectivity index (χ0n) is 21.9. The summed E-state index contributed by atoms with van der Waals surface area (Å²) in [4.78, 5) is 4.62. The van der Waals surface area contributed by atoms with Crippen LogP contribution in [-0.4, -0.2) is 7.05 Å². The van der Waals surface area contributed by atoms with Gasteiger partial charge in [-0.2, -0.15) is 0 Å². The first-order valence-electron chi connectivity index (χ1n) is 12.9. The molecular formula is C35H34N2. The molecule has 0 heterocycles. The van der Waals surface area contributed by atoms with Crippen molar-refractivity contribution in [1.29, 1.82) is 0 Å². The van der Waals surface area contributed by atoms with E-state index in [1.54, 1.807) is 0 Å². The predicted octanol–water partition coefficient (Wildman–Crippen LogP) is 9.43. The van der Waals surface area contributed by atoms with Crippen LogP contribution in [0.1, 0.15) is 31.4 Å². The van der Waals surface area contributed by atoms with Crippen molar-refractivity contribution >= 4 is 28.3 Å². The van der Waals surface area contributed by atoms with Crippen molar-refractivity contribution in [2.24, 2.45) is 0 Å². The molecule has 0 fully saturated rings. The molecule has 0 aliphatic heterocycles. The molecular weight excluding hydrogens is 448 g/mol. The van der Waals surface area contributed by atoms with Gasteiger partial charge in [-0.3, -0.25) is 0 Å². The minimum absolute atomic E-state index is 0.0166. The number of allylic oxidation sites excluding steroid dienone is 4. The fourth-order valence-electron chi connectivity index (χ4n) is 5.07. The van der Waals surface area contributed by atoms with Crippen molar-refractivity contribution in [3.63, 3.8) is 0 Å². The zero-order chi connectivity index (χ0) is 25.8. The van der Waals surface area contributed by atoms with E-state index in [1.165, 1.54) is 11.1 Å². The molecule has 1 aliphatic rings. The Balaban J connectivity index is 1.60. The number of anilines is 4. The Labute approximate surface area is 221 Å². The largest absolute Gasteiger partial charge is 0.343 e. The first kappa shape index (κ1) is 24.4. The highest BCUT2D eigenvalue weighted by atomic mass is 15.2. The minimum Gasteiger partial charge on any atom is -0.343 e. The van der Waals surface area contributed by atoms with Gasteiger partial charge in [-0.1, -0.05) is 105 Å². The van der Waals surface area contributed by atoms with E-state index < -0.39 is 0 Å². The van der Waals surface area contributed by atoms with E-state index in [4.69, 9.17) is 0 Å². The first-order chi connectivity index (χ1) is 18.0. The molecule has 0 unspecified atom stereocenters. The van der Waals surface area contributed by atoms with Crippen LogP contribution in [0.2, 0.25) is 0 Å². The maximum absolute atomic E-state index is 4.42. The Hall–Kier alpha value is -4.30. The molecule has 2 heteroatoms. The van der Waals surface area contributed by atoms with Crippen LogP contribution >= 0.6 is 0 Å². The molecule has 2 nitrogen and oxygen atoms in total. The van der Waals surface area contributed by atoms with Crippen LogP contribution in [0.25, 0.3) is 5.57 Å². The van der Waals surface area contributed by atoms with Gasteiger partial charge in [-0.05, 0) is 71.0 Å². The molecule has 1 aliphatic carbocycles. The number of hydrogen-bond acceptors (Lipinski definition) is 2. The van der Waals surface area contributed by atoms with Crippen LogP contribution < -0.4 is 9.80 Å². The average molecular weight is 483 g/mol. The van der Waals surface area contributed by atoms with Crippen molar-refractivity contribution < 1.29 is 0 Å². The van der Waals surface area contributed by atoms with Gasteiger partial charge in [0.05, 0.1) is 11.4 Å². The van der Waals surface area contributed by atoms with Crippen molar-refractivity contribution in [3.8, 4) is 0 Å². The third-order valence-corrected chi connectivity index (χ3v) is 7.18. The lowest BCUT2D eigenvalue weighted by Gasteiger charge is -2.32. The van der Waals surface area contributed by atoms with Crippen molar-refractivity contribution in [2.45, 2.75) is 25.7 Å².